The smallest absolute Gasteiger partial charge is 0.261 e. The highest BCUT2D eigenvalue weighted by Gasteiger charge is 2.34. The van der Waals surface area contributed by atoms with Crippen molar-refractivity contribution in [3.05, 3.63) is 35.4 Å². The van der Waals surface area contributed by atoms with Crippen molar-refractivity contribution in [2.45, 2.75) is 44.6 Å². The van der Waals surface area contributed by atoms with Gasteiger partial charge in [0.25, 0.3) is 11.8 Å². The standard InChI is InChI=1S/C19H22N2O4/c22-13-14-9-10-17(23)20(14)11-5-1-2-6-12-21-18(24)15-7-3-4-8-16(15)19(21)25/h3-4,7-8,13-14H,1-2,5-6,9-12H2/t14-/m0/s1. The summed E-state index contributed by atoms with van der Waals surface area (Å²) >= 11 is 0. The first-order chi connectivity index (χ1) is 12.1. The molecule has 1 aromatic carbocycles. The van der Waals surface area contributed by atoms with Crippen LogP contribution in [0.2, 0.25) is 0 Å². The summed E-state index contributed by atoms with van der Waals surface area (Å²) < 4.78 is 0. The van der Waals surface area contributed by atoms with Gasteiger partial charge in [0.1, 0.15) is 6.29 Å². The second-order valence-corrected chi connectivity index (χ2v) is 6.55. The molecule has 0 N–H and O–H groups in total. The Morgan fingerprint density at radius 1 is 0.920 bits per heavy atom. The lowest BCUT2D eigenvalue weighted by Crippen LogP contribution is -2.34. The van der Waals surface area contributed by atoms with E-state index in [1.54, 1.807) is 29.2 Å². The molecule has 2 heterocycles. The summed E-state index contributed by atoms with van der Waals surface area (Å²) in [6, 6.07) is 6.64. The molecule has 6 heteroatoms. The second kappa shape index (κ2) is 7.59. The van der Waals surface area contributed by atoms with Gasteiger partial charge in [0.15, 0.2) is 0 Å². The van der Waals surface area contributed by atoms with Crippen LogP contribution in [0.25, 0.3) is 0 Å². The number of nitrogens with zero attached hydrogens (tertiary/aromatic N) is 2. The monoisotopic (exact) mass is 342 g/mol. The van der Waals surface area contributed by atoms with E-state index in [0.29, 0.717) is 37.1 Å². The third kappa shape index (κ3) is 3.48. The molecule has 1 fully saturated rings. The minimum absolute atomic E-state index is 0.0584. The molecule has 0 radical (unpaired) electrons. The maximum absolute atomic E-state index is 12.2. The zero-order valence-electron chi connectivity index (χ0n) is 14.1. The van der Waals surface area contributed by atoms with E-state index < -0.39 is 0 Å². The maximum atomic E-state index is 12.2. The third-order valence-electron chi connectivity index (χ3n) is 4.94. The number of rotatable bonds is 8. The van der Waals surface area contributed by atoms with Crippen molar-refractivity contribution in [1.29, 1.82) is 0 Å². The van der Waals surface area contributed by atoms with Crippen LogP contribution in [0.5, 0.6) is 0 Å². The van der Waals surface area contributed by atoms with Gasteiger partial charge in [-0.2, -0.15) is 0 Å². The van der Waals surface area contributed by atoms with E-state index in [-0.39, 0.29) is 23.8 Å². The van der Waals surface area contributed by atoms with Gasteiger partial charge in [0, 0.05) is 19.5 Å². The van der Waals surface area contributed by atoms with Crippen molar-refractivity contribution >= 4 is 24.0 Å². The van der Waals surface area contributed by atoms with Crippen LogP contribution in [0.15, 0.2) is 24.3 Å². The van der Waals surface area contributed by atoms with Gasteiger partial charge in [-0.1, -0.05) is 25.0 Å². The molecule has 0 spiro atoms. The molecule has 0 aliphatic carbocycles. The molecule has 1 atom stereocenters. The van der Waals surface area contributed by atoms with Crippen LogP contribution in [-0.4, -0.2) is 52.9 Å². The SMILES string of the molecule is O=C[C@@H]1CCC(=O)N1CCCCCCN1C(=O)c2ccccc2C1=O. The number of aldehydes is 1. The molecule has 3 amide bonds. The van der Waals surface area contributed by atoms with Crippen molar-refractivity contribution in [3.63, 3.8) is 0 Å². The molecule has 0 bridgehead atoms. The summed E-state index contributed by atoms with van der Waals surface area (Å²) in [5.41, 5.74) is 0.972. The lowest BCUT2D eigenvalue weighted by molar-refractivity contribution is -0.131. The number of hydrogen-bond donors (Lipinski definition) is 0. The number of likely N-dealkylation sites (tertiary alicyclic amines) is 1. The first kappa shape index (κ1) is 17.3. The van der Waals surface area contributed by atoms with Crippen molar-refractivity contribution in [2.75, 3.05) is 13.1 Å². The molecule has 132 valence electrons. The van der Waals surface area contributed by atoms with Crippen LogP contribution >= 0.6 is 0 Å². The molecule has 0 saturated carbocycles. The van der Waals surface area contributed by atoms with Gasteiger partial charge in [0.2, 0.25) is 5.91 Å². The molecule has 1 saturated heterocycles. The Bertz CT molecular complexity index is 665. The van der Waals surface area contributed by atoms with Gasteiger partial charge in [-0.15, -0.1) is 0 Å². The van der Waals surface area contributed by atoms with E-state index in [4.69, 9.17) is 0 Å². The minimum Gasteiger partial charge on any atom is -0.333 e. The summed E-state index contributed by atoms with van der Waals surface area (Å²) in [5.74, 6) is -0.364. The molecule has 3 rings (SSSR count). The van der Waals surface area contributed by atoms with Gasteiger partial charge in [-0.3, -0.25) is 19.3 Å². The quantitative estimate of drug-likeness (QED) is 0.412. The Kier molecular flexibility index (Phi) is 5.26. The number of carbonyl (C=O) groups is 4. The average molecular weight is 342 g/mol. The van der Waals surface area contributed by atoms with Gasteiger partial charge in [-0.05, 0) is 31.4 Å². The Balaban J connectivity index is 1.38. The van der Waals surface area contributed by atoms with E-state index in [0.717, 1.165) is 32.0 Å². The van der Waals surface area contributed by atoms with Crippen molar-refractivity contribution < 1.29 is 19.2 Å². The number of fused-ring (bicyclic) bond motifs is 1. The molecular weight excluding hydrogens is 320 g/mol. The van der Waals surface area contributed by atoms with Crippen LogP contribution in [0.3, 0.4) is 0 Å². The molecule has 0 unspecified atom stereocenters. The molecule has 25 heavy (non-hydrogen) atoms. The summed E-state index contributed by atoms with van der Waals surface area (Å²) in [5, 5.41) is 0. The second-order valence-electron chi connectivity index (χ2n) is 6.55. The van der Waals surface area contributed by atoms with E-state index in [1.807, 2.05) is 0 Å². The fourth-order valence-corrected chi connectivity index (χ4v) is 3.54. The predicted octanol–water partition coefficient (Wildman–Crippen LogP) is 2.03. The van der Waals surface area contributed by atoms with Crippen molar-refractivity contribution in [1.82, 2.24) is 9.80 Å². The van der Waals surface area contributed by atoms with Crippen LogP contribution in [-0.2, 0) is 9.59 Å². The predicted molar refractivity (Wildman–Crippen MR) is 91.1 cm³/mol. The largest absolute Gasteiger partial charge is 0.333 e. The van der Waals surface area contributed by atoms with Gasteiger partial charge in [0.05, 0.1) is 17.2 Å². The Morgan fingerprint density at radius 3 is 2.12 bits per heavy atom. The summed E-state index contributed by atoms with van der Waals surface area (Å²) in [6.45, 7) is 1.03. The first-order valence-electron chi connectivity index (χ1n) is 8.83. The minimum atomic E-state index is -0.258. The topological polar surface area (TPSA) is 74.8 Å². The molecule has 6 nitrogen and oxygen atoms in total. The van der Waals surface area contributed by atoms with Crippen LogP contribution in [0.1, 0.15) is 59.2 Å². The Hall–Kier alpha value is -2.50. The van der Waals surface area contributed by atoms with E-state index >= 15 is 0 Å². The lowest BCUT2D eigenvalue weighted by Gasteiger charge is -2.20. The van der Waals surface area contributed by atoms with Crippen molar-refractivity contribution in [3.8, 4) is 0 Å². The number of imide groups is 1. The molecular formula is C19H22N2O4. The van der Waals surface area contributed by atoms with E-state index in [1.165, 1.54) is 4.90 Å². The van der Waals surface area contributed by atoms with Crippen LogP contribution in [0, 0.1) is 0 Å². The number of benzene rings is 1. The van der Waals surface area contributed by atoms with E-state index in [9.17, 15) is 19.2 Å². The molecule has 2 aliphatic heterocycles. The Labute approximate surface area is 146 Å². The summed E-state index contributed by atoms with van der Waals surface area (Å²) in [6.07, 6.45) is 5.30. The number of carbonyl (C=O) groups excluding carboxylic acids is 4. The Morgan fingerprint density at radius 2 is 1.52 bits per heavy atom. The van der Waals surface area contributed by atoms with Crippen molar-refractivity contribution in [2.24, 2.45) is 0 Å². The molecule has 0 aromatic heterocycles. The zero-order chi connectivity index (χ0) is 17.8. The lowest BCUT2D eigenvalue weighted by atomic mass is 10.1. The highest BCUT2D eigenvalue weighted by atomic mass is 16.2. The molecule has 2 aliphatic rings. The number of unbranched alkanes of at least 4 members (excludes halogenated alkanes) is 3. The van der Waals surface area contributed by atoms with E-state index in [2.05, 4.69) is 0 Å². The fourth-order valence-electron chi connectivity index (χ4n) is 3.54. The van der Waals surface area contributed by atoms with Gasteiger partial charge < -0.3 is 9.69 Å². The zero-order valence-corrected chi connectivity index (χ0v) is 14.1. The third-order valence-corrected chi connectivity index (χ3v) is 4.94. The van der Waals surface area contributed by atoms with Crippen LogP contribution < -0.4 is 0 Å². The summed E-state index contributed by atoms with van der Waals surface area (Å²) in [7, 11) is 0. The maximum Gasteiger partial charge on any atom is 0.261 e. The number of hydrogen-bond acceptors (Lipinski definition) is 4. The fraction of sp³-hybridized carbons (Fsp3) is 0.474. The highest BCUT2D eigenvalue weighted by Crippen LogP contribution is 2.23. The first-order valence-corrected chi connectivity index (χ1v) is 8.83. The van der Waals surface area contributed by atoms with Gasteiger partial charge in [-0.25, -0.2) is 0 Å². The highest BCUT2D eigenvalue weighted by molar-refractivity contribution is 6.21. The van der Waals surface area contributed by atoms with Gasteiger partial charge >= 0.3 is 0 Å². The number of amides is 3. The normalized spacial score (nSPS) is 19.7. The average Bonchev–Trinajstić information content (AvgIpc) is 3.10. The van der Waals surface area contributed by atoms with Crippen LogP contribution in [0.4, 0.5) is 0 Å². The molecule has 1 aromatic rings. The summed E-state index contributed by atoms with van der Waals surface area (Å²) in [4.78, 5) is 50.1.